The summed E-state index contributed by atoms with van der Waals surface area (Å²) >= 11 is 0. The fourth-order valence-corrected chi connectivity index (χ4v) is 0.747. The molecule has 1 atom stereocenters. The zero-order valence-corrected chi connectivity index (χ0v) is 5.38. The van der Waals surface area contributed by atoms with Crippen molar-refractivity contribution in [2.75, 3.05) is 13.7 Å². The fraction of sp³-hybridized carbons (Fsp3) is 0.800. The van der Waals surface area contributed by atoms with Gasteiger partial charge in [-0.15, -0.1) is 0 Å². The Balaban J connectivity index is 2.57. The molecule has 0 aromatic heterocycles. The monoisotopic (exact) mass is 151 g/mol. The molecule has 1 saturated heterocycles. The lowest BCUT2D eigenvalue weighted by molar-refractivity contribution is 0.0680. The first kappa shape index (κ1) is 7.24. The number of likely N-dealkylation sites (N-methyl/N-ethyl adjacent to an activating group) is 1. The van der Waals surface area contributed by atoms with Crippen LogP contribution < -0.4 is 0 Å². The maximum absolute atomic E-state index is 11.9. The van der Waals surface area contributed by atoms with Crippen molar-refractivity contribution in [2.24, 2.45) is 0 Å². The van der Waals surface area contributed by atoms with E-state index in [9.17, 15) is 13.6 Å². The molecule has 0 spiro atoms. The third kappa shape index (κ3) is 1.03. The highest BCUT2D eigenvalue weighted by Crippen LogP contribution is 2.15. The van der Waals surface area contributed by atoms with Gasteiger partial charge in [-0.1, -0.05) is 0 Å². The van der Waals surface area contributed by atoms with Gasteiger partial charge >= 0.3 is 6.09 Å². The van der Waals surface area contributed by atoms with Crippen LogP contribution in [0.3, 0.4) is 0 Å². The van der Waals surface area contributed by atoms with E-state index in [1.54, 1.807) is 0 Å². The molecule has 1 heterocycles. The highest BCUT2D eigenvalue weighted by molar-refractivity contribution is 5.69. The normalized spacial score (nSPS) is 25.8. The number of rotatable bonds is 1. The Morgan fingerprint density at radius 1 is 1.80 bits per heavy atom. The number of hydrogen-bond donors (Lipinski definition) is 0. The Morgan fingerprint density at radius 3 is 2.60 bits per heavy atom. The smallest absolute Gasteiger partial charge is 0.410 e. The maximum atomic E-state index is 11.9. The van der Waals surface area contributed by atoms with E-state index in [0.717, 1.165) is 4.90 Å². The average molecular weight is 151 g/mol. The summed E-state index contributed by atoms with van der Waals surface area (Å²) in [4.78, 5) is 11.4. The first-order valence-electron chi connectivity index (χ1n) is 2.80. The van der Waals surface area contributed by atoms with E-state index in [-0.39, 0.29) is 6.61 Å². The quantitative estimate of drug-likeness (QED) is 0.552. The molecule has 10 heavy (non-hydrogen) atoms. The van der Waals surface area contributed by atoms with Crippen molar-refractivity contribution in [1.82, 2.24) is 4.90 Å². The number of amides is 1. The molecule has 0 saturated carbocycles. The summed E-state index contributed by atoms with van der Waals surface area (Å²) in [7, 11) is 1.30. The van der Waals surface area contributed by atoms with Crippen molar-refractivity contribution in [3.63, 3.8) is 0 Å². The summed E-state index contributed by atoms with van der Waals surface area (Å²) in [6.07, 6.45) is -3.19. The highest BCUT2D eigenvalue weighted by atomic mass is 19.3. The van der Waals surface area contributed by atoms with Crippen LogP contribution in [-0.4, -0.2) is 37.1 Å². The average Bonchev–Trinajstić information content (AvgIpc) is 2.14. The van der Waals surface area contributed by atoms with Crippen LogP contribution in [0.1, 0.15) is 0 Å². The summed E-state index contributed by atoms with van der Waals surface area (Å²) in [5.74, 6) is 0. The van der Waals surface area contributed by atoms with Crippen molar-refractivity contribution in [1.29, 1.82) is 0 Å². The van der Waals surface area contributed by atoms with E-state index in [1.165, 1.54) is 7.05 Å². The van der Waals surface area contributed by atoms with Crippen LogP contribution in [0.5, 0.6) is 0 Å². The minimum Gasteiger partial charge on any atom is -0.447 e. The van der Waals surface area contributed by atoms with Crippen LogP contribution in [-0.2, 0) is 4.74 Å². The number of carbonyl (C=O) groups is 1. The van der Waals surface area contributed by atoms with Gasteiger partial charge in [0, 0.05) is 7.05 Å². The molecule has 3 nitrogen and oxygen atoms in total. The van der Waals surface area contributed by atoms with Crippen LogP contribution >= 0.6 is 0 Å². The van der Waals surface area contributed by atoms with Crippen LogP contribution in [0.25, 0.3) is 0 Å². The number of cyclic esters (lactones) is 1. The Morgan fingerprint density at radius 2 is 2.40 bits per heavy atom. The number of ether oxygens (including phenoxy) is 1. The third-order valence-electron chi connectivity index (χ3n) is 1.45. The van der Waals surface area contributed by atoms with E-state index in [0.29, 0.717) is 0 Å². The van der Waals surface area contributed by atoms with Gasteiger partial charge in [-0.3, -0.25) is 4.90 Å². The Bertz CT molecular complexity index is 151. The summed E-state index contributed by atoms with van der Waals surface area (Å²) in [5.41, 5.74) is 0. The molecule has 5 heteroatoms. The van der Waals surface area contributed by atoms with Crippen LogP contribution in [0.15, 0.2) is 0 Å². The zero-order valence-electron chi connectivity index (χ0n) is 5.38. The van der Waals surface area contributed by atoms with Gasteiger partial charge in [0.25, 0.3) is 6.43 Å². The van der Waals surface area contributed by atoms with Gasteiger partial charge in [0.15, 0.2) is 0 Å². The molecule has 58 valence electrons. The first-order valence-corrected chi connectivity index (χ1v) is 2.80. The Kier molecular flexibility index (Phi) is 1.74. The molecule has 0 aliphatic carbocycles. The molecule has 1 amide bonds. The second kappa shape index (κ2) is 2.40. The standard InChI is InChI=1S/C5H7F2NO2/c1-8-3(4(6)7)2-10-5(8)9/h3-4H,2H2,1H3. The second-order valence-corrected chi connectivity index (χ2v) is 2.09. The van der Waals surface area contributed by atoms with Crippen molar-refractivity contribution in [3.05, 3.63) is 0 Å². The molecular weight excluding hydrogens is 144 g/mol. The van der Waals surface area contributed by atoms with Gasteiger partial charge in [-0.2, -0.15) is 0 Å². The van der Waals surface area contributed by atoms with Crippen molar-refractivity contribution >= 4 is 6.09 Å². The predicted molar refractivity (Wildman–Crippen MR) is 28.9 cm³/mol. The minimum atomic E-state index is -2.52. The predicted octanol–water partition coefficient (Wildman–Crippen LogP) is 0.702. The van der Waals surface area contributed by atoms with Crippen molar-refractivity contribution in [3.8, 4) is 0 Å². The van der Waals surface area contributed by atoms with Gasteiger partial charge in [0.05, 0.1) is 0 Å². The van der Waals surface area contributed by atoms with Gasteiger partial charge in [0.1, 0.15) is 12.6 Å². The Labute approximate surface area is 56.6 Å². The molecule has 1 aliphatic heterocycles. The zero-order chi connectivity index (χ0) is 7.72. The molecule has 1 fully saturated rings. The molecule has 0 aromatic carbocycles. The lowest BCUT2D eigenvalue weighted by atomic mass is 10.3. The van der Waals surface area contributed by atoms with Crippen LogP contribution in [0.4, 0.5) is 13.6 Å². The number of halogens is 2. The molecule has 1 rings (SSSR count). The Hall–Kier alpha value is -0.870. The molecule has 0 radical (unpaired) electrons. The molecule has 0 aromatic rings. The second-order valence-electron chi connectivity index (χ2n) is 2.09. The molecule has 0 N–H and O–H groups in total. The number of nitrogens with zero attached hydrogens (tertiary/aromatic N) is 1. The van der Waals surface area contributed by atoms with Gasteiger partial charge in [-0.05, 0) is 0 Å². The van der Waals surface area contributed by atoms with Gasteiger partial charge in [-0.25, -0.2) is 13.6 Å². The largest absolute Gasteiger partial charge is 0.447 e. The number of carbonyl (C=O) groups excluding carboxylic acids is 1. The van der Waals surface area contributed by atoms with Crippen LogP contribution in [0.2, 0.25) is 0 Å². The van der Waals surface area contributed by atoms with Gasteiger partial charge in [0.2, 0.25) is 0 Å². The van der Waals surface area contributed by atoms with Crippen molar-refractivity contribution in [2.45, 2.75) is 12.5 Å². The van der Waals surface area contributed by atoms with E-state index in [2.05, 4.69) is 4.74 Å². The van der Waals surface area contributed by atoms with E-state index in [4.69, 9.17) is 0 Å². The fourth-order valence-electron chi connectivity index (χ4n) is 0.747. The topological polar surface area (TPSA) is 29.5 Å². The van der Waals surface area contributed by atoms with Crippen LogP contribution in [0, 0.1) is 0 Å². The SMILES string of the molecule is CN1C(=O)OCC1C(F)F. The van der Waals surface area contributed by atoms with E-state index >= 15 is 0 Å². The maximum Gasteiger partial charge on any atom is 0.410 e. The summed E-state index contributed by atoms with van der Waals surface area (Å²) in [6, 6.07) is -1.06. The summed E-state index contributed by atoms with van der Waals surface area (Å²) in [5, 5.41) is 0. The third-order valence-corrected chi connectivity index (χ3v) is 1.45. The molecule has 1 unspecified atom stereocenters. The number of hydrogen-bond acceptors (Lipinski definition) is 2. The summed E-state index contributed by atoms with van der Waals surface area (Å²) in [6.45, 7) is -0.201. The van der Waals surface area contributed by atoms with E-state index < -0.39 is 18.6 Å². The lowest BCUT2D eigenvalue weighted by Gasteiger charge is -2.13. The first-order chi connectivity index (χ1) is 4.63. The minimum absolute atomic E-state index is 0.201. The molecular formula is C5H7F2NO2. The van der Waals surface area contributed by atoms with Crippen molar-refractivity contribution < 1.29 is 18.3 Å². The molecule has 1 aliphatic rings. The highest BCUT2D eigenvalue weighted by Gasteiger charge is 2.36. The lowest BCUT2D eigenvalue weighted by Crippen LogP contribution is -2.35. The van der Waals surface area contributed by atoms with E-state index in [1.807, 2.05) is 0 Å². The molecule has 0 bridgehead atoms. The number of alkyl halides is 2. The summed E-state index contributed by atoms with van der Waals surface area (Å²) < 4.78 is 28.1. The van der Waals surface area contributed by atoms with Gasteiger partial charge < -0.3 is 4.74 Å².